The van der Waals surface area contributed by atoms with Crippen molar-refractivity contribution in [1.82, 2.24) is 14.8 Å². The molecule has 7 heteroatoms. The number of carboxylic acids is 1. The van der Waals surface area contributed by atoms with Gasteiger partial charge in [-0.05, 0) is 25.7 Å². The zero-order chi connectivity index (χ0) is 16.9. The second-order valence-corrected chi connectivity index (χ2v) is 7.73. The van der Waals surface area contributed by atoms with Crippen LogP contribution in [-0.2, 0) is 16.1 Å². The van der Waals surface area contributed by atoms with Gasteiger partial charge in [0.25, 0.3) is 0 Å². The van der Waals surface area contributed by atoms with Crippen molar-refractivity contribution < 1.29 is 14.6 Å². The van der Waals surface area contributed by atoms with Crippen molar-refractivity contribution in [3.05, 3.63) is 16.1 Å². The molecule has 0 spiro atoms. The van der Waals surface area contributed by atoms with Crippen molar-refractivity contribution in [3.63, 3.8) is 0 Å². The third kappa shape index (κ3) is 4.53. The van der Waals surface area contributed by atoms with Gasteiger partial charge in [-0.1, -0.05) is 0 Å². The highest BCUT2D eigenvalue weighted by atomic mass is 32.1. The summed E-state index contributed by atoms with van der Waals surface area (Å²) >= 11 is 1.72. The highest BCUT2D eigenvalue weighted by Crippen LogP contribution is 2.28. The molecule has 1 aromatic rings. The summed E-state index contributed by atoms with van der Waals surface area (Å²) in [7, 11) is 0. The first-order valence-corrected chi connectivity index (χ1v) is 9.66. The summed E-state index contributed by atoms with van der Waals surface area (Å²) in [5.74, 6) is -0.271. The molecule has 1 aromatic heterocycles. The van der Waals surface area contributed by atoms with Crippen molar-refractivity contribution in [2.75, 3.05) is 39.4 Å². The van der Waals surface area contributed by atoms with Gasteiger partial charge in [0, 0.05) is 50.1 Å². The summed E-state index contributed by atoms with van der Waals surface area (Å²) in [6.45, 7) is 8.60. The van der Waals surface area contributed by atoms with Crippen LogP contribution < -0.4 is 0 Å². The van der Waals surface area contributed by atoms with E-state index in [1.165, 1.54) is 4.88 Å². The first-order chi connectivity index (χ1) is 11.6. The minimum absolute atomic E-state index is 0.263. The number of likely N-dealkylation sites (tertiary alicyclic amines) is 1. The van der Waals surface area contributed by atoms with Crippen LogP contribution in [0.5, 0.6) is 0 Å². The number of thiazole rings is 1. The normalized spacial score (nSPS) is 26.5. The fourth-order valence-electron chi connectivity index (χ4n) is 3.90. The number of hydrogen-bond donors (Lipinski definition) is 1. The summed E-state index contributed by atoms with van der Waals surface area (Å²) in [6, 6.07) is 0.493. The zero-order valence-electron chi connectivity index (χ0n) is 14.3. The Balaban J connectivity index is 1.63. The molecule has 2 saturated heterocycles. The van der Waals surface area contributed by atoms with Crippen molar-refractivity contribution in [2.24, 2.45) is 5.92 Å². The lowest BCUT2D eigenvalue weighted by atomic mass is 9.86. The number of ether oxygens (including phenoxy) is 1. The molecule has 3 rings (SSSR count). The highest BCUT2D eigenvalue weighted by molar-refractivity contribution is 7.09. The van der Waals surface area contributed by atoms with Gasteiger partial charge in [0.15, 0.2) is 0 Å². The number of carboxylic acid groups (broad SMARTS) is 1. The van der Waals surface area contributed by atoms with Gasteiger partial charge in [-0.25, -0.2) is 4.98 Å². The van der Waals surface area contributed by atoms with Crippen LogP contribution in [-0.4, -0.2) is 71.3 Å². The van der Waals surface area contributed by atoms with Crippen molar-refractivity contribution in [3.8, 4) is 0 Å². The highest BCUT2D eigenvalue weighted by Gasteiger charge is 2.34. The van der Waals surface area contributed by atoms with E-state index in [1.54, 1.807) is 11.3 Å². The molecule has 2 atom stereocenters. The maximum absolute atomic E-state index is 11.1. The lowest BCUT2D eigenvalue weighted by Gasteiger charge is -2.45. The fraction of sp³-hybridized carbons (Fsp3) is 0.765. The Morgan fingerprint density at radius 2 is 2.21 bits per heavy atom. The predicted octanol–water partition coefficient (Wildman–Crippen LogP) is 1.84. The number of aliphatic carboxylic acids is 1. The fourth-order valence-corrected chi connectivity index (χ4v) is 4.72. The number of nitrogens with zero attached hydrogens (tertiary/aromatic N) is 3. The third-order valence-corrected chi connectivity index (χ3v) is 6.15. The predicted molar refractivity (Wildman–Crippen MR) is 93.3 cm³/mol. The summed E-state index contributed by atoms with van der Waals surface area (Å²) in [5.41, 5.74) is 3.03. The minimum atomic E-state index is -0.689. The molecule has 0 unspecified atom stereocenters. The Morgan fingerprint density at radius 1 is 1.42 bits per heavy atom. The Morgan fingerprint density at radius 3 is 2.88 bits per heavy atom. The molecule has 0 bridgehead atoms. The number of rotatable bonds is 6. The van der Waals surface area contributed by atoms with Crippen molar-refractivity contribution >= 4 is 17.3 Å². The average molecular weight is 353 g/mol. The summed E-state index contributed by atoms with van der Waals surface area (Å²) in [5, 5.41) is 9.10. The third-order valence-electron chi connectivity index (χ3n) is 5.23. The van der Waals surface area contributed by atoms with Crippen LogP contribution >= 0.6 is 11.3 Å². The van der Waals surface area contributed by atoms with Crippen LogP contribution in [0.1, 0.15) is 29.8 Å². The number of carbonyl (C=O) groups is 1. The molecule has 0 aliphatic carbocycles. The van der Waals surface area contributed by atoms with E-state index in [0.29, 0.717) is 12.0 Å². The molecule has 0 aromatic carbocycles. The van der Waals surface area contributed by atoms with Crippen LogP contribution in [0.2, 0.25) is 0 Å². The summed E-state index contributed by atoms with van der Waals surface area (Å²) in [4.78, 5) is 21.7. The van der Waals surface area contributed by atoms with Crippen LogP contribution in [0.3, 0.4) is 0 Å². The molecule has 1 N–H and O–H groups in total. The molecular formula is C17H27N3O3S. The lowest BCUT2D eigenvalue weighted by Crippen LogP contribution is -2.53. The van der Waals surface area contributed by atoms with Gasteiger partial charge in [-0.2, -0.15) is 0 Å². The Labute approximate surface area is 147 Å². The SMILES string of the molecule is Cc1ncsc1CN1CC[C@H](N2CCOCC2)[C@H](CCC(=O)O)C1. The van der Waals surface area contributed by atoms with Gasteiger partial charge in [0.05, 0.1) is 24.4 Å². The molecule has 134 valence electrons. The zero-order valence-corrected chi connectivity index (χ0v) is 15.1. The topological polar surface area (TPSA) is 65.9 Å². The monoisotopic (exact) mass is 353 g/mol. The number of morpholine rings is 1. The first kappa shape index (κ1) is 17.8. The van der Waals surface area contributed by atoms with Crippen molar-refractivity contribution in [1.29, 1.82) is 0 Å². The van der Waals surface area contributed by atoms with Crippen LogP contribution in [0.25, 0.3) is 0 Å². The van der Waals surface area contributed by atoms with E-state index in [4.69, 9.17) is 9.84 Å². The lowest BCUT2D eigenvalue weighted by molar-refractivity contribution is -0.137. The average Bonchev–Trinajstić information content (AvgIpc) is 2.99. The van der Waals surface area contributed by atoms with Gasteiger partial charge in [-0.3, -0.25) is 14.6 Å². The van der Waals surface area contributed by atoms with Crippen LogP contribution in [0.4, 0.5) is 0 Å². The van der Waals surface area contributed by atoms with E-state index < -0.39 is 5.97 Å². The Hall–Kier alpha value is -1.02. The van der Waals surface area contributed by atoms with E-state index in [-0.39, 0.29) is 6.42 Å². The molecule has 6 nitrogen and oxygen atoms in total. The van der Waals surface area contributed by atoms with Gasteiger partial charge in [-0.15, -0.1) is 11.3 Å². The molecule has 3 heterocycles. The summed E-state index contributed by atoms with van der Waals surface area (Å²) < 4.78 is 5.48. The smallest absolute Gasteiger partial charge is 0.303 e. The molecule has 0 radical (unpaired) electrons. The second kappa shape index (κ2) is 8.38. The Kier molecular flexibility index (Phi) is 6.21. The number of aromatic nitrogens is 1. The molecular weight excluding hydrogens is 326 g/mol. The van der Waals surface area contributed by atoms with Crippen LogP contribution in [0, 0.1) is 12.8 Å². The quantitative estimate of drug-likeness (QED) is 0.842. The molecule has 24 heavy (non-hydrogen) atoms. The van der Waals surface area contributed by atoms with E-state index in [0.717, 1.165) is 64.5 Å². The van der Waals surface area contributed by atoms with Gasteiger partial charge in [0.1, 0.15) is 0 Å². The van der Waals surface area contributed by atoms with E-state index in [9.17, 15) is 4.79 Å². The molecule has 2 fully saturated rings. The number of hydrogen-bond acceptors (Lipinski definition) is 6. The van der Waals surface area contributed by atoms with Crippen molar-refractivity contribution in [2.45, 2.75) is 38.8 Å². The maximum atomic E-state index is 11.1. The van der Waals surface area contributed by atoms with Gasteiger partial charge >= 0.3 is 5.97 Å². The van der Waals surface area contributed by atoms with E-state index in [1.807, 2.05) is 5.51 Å². The van der Waals surface area contributed by atoms with Crippen LogP contribution in [0.15, 0.2) is 5.51 Å². The number of piperidine rings is 1. The second-order valence-electron chi connectivity index (χ2n) is 6.79. The summed E-state index contributed by atoms with van der Waals surface area (Å²) in [6.07, 6.45) is 2.14. The molecule has 0 amide bonds. The molecule has 2 aliphatic rings. The first-order valence-electron chi connectivity index (χ1n) is 8.78. The maximum Gasteiger partial charge on any atom is 0.303 e. The minimum Gasteiger partial charge on any atom is -0.481 e. The molecule has 0 saturated carbocycles. The van der Waals surface area contributed by atoms with E-state index >= 15 is 0 Å². The van der Waals surface area contributed by atoms with E-state index in [2.05, 4.69) is 21.7 Å². The Bertz CT molecular complexity index is 545. The molecule has 2 aliphatic heterocycles. The standard InChI is InChI=1S/C17H27N3O3S/c1-13-16(24-12-18-13)11-19-5-4-15(20-6-8-23-9-7-20)14(10-19)2-3-17(21)22/h12,14-15H,2-11H2,1H3,(H,21,22)/t14-,15+/m1/s1. The van der Waals surface area contributed by atoms with Gasteiger partial charge in [0.2, 0.25) is 0 Å². The van der Waals surface area contributed by atoms with Gasteiger partial charge < -0.3 is 9.84 Å². The largest absolute Gasteiger partial charge is 0.481 e. The number of aryl methyl sites for hydroxylation is 1.